The van der Waals surface area contributed by atoms with Crippen molar-refractivity contribution in [3.8, 4) is 5.75 Å². The summed E-state index contributed by atoms with van der Waals surface area (Å²) in [5.74, 6) is -1.20. The summed E-state index contributed by atoms with van der Waals surface area (Å²) >= 11 is 0. The molecule has 0 spiro atoms. The Balaban J connectivity index is 2.41. The van der Waals surface area contributed by atoms with Gasteiger partial charge in [0, 0.05) is 12.1 Å². The van der Waals surface area contributed by atoms with Crippen LogP contribution in [0.15, 0.2) is 48.5 Å². The topological polar surface area (TPSA) is 96.0 Å². The number of hydrogen-bond donors (Lipinski definition) is 1. The summed E-state index contributed by atoms with van der Waals surface area (Å²) in [6.45, 7) is 6.39. The predicted molar refractivity (Wildman–Crippen MR) is 129 cm³/mol. The second-order valence-electron chi connectivity index (χ2n) is 9.01. The lowest BCUT2D eigenvalue weighted by Gasteiger charge is -2.33. The number of sulfonamides is 1. The van der Waals surface area contributed by atoms with Crippen LogP contribution in [0.1, 0.15) is 33.3 Å². The molecule has 0 fully saturated rings. The van der Waals surface area contributed by atoms with E-state index < -0.39 is 45.8 Å². The average molecular weight is 494 g/mol. The number of carbonyl (C=O) groups is 2. The highest BCUT2D eigenvalue weighted by molar-refractivity contribution is 7.92. The number of hydrogen-bond acceptors (Lipinski definition) is 5. The van der Waals surface area contributed by atoms with Gasteiger partial charge in [0.25, 0.3) is 0 Å². The number of benzene rings is 2. The van der Waals surface area contributed by atoms with Crippen molar-refractivity contribution in [3.63, 3.8) is 0 Å². The summed E-state index contributed by atoms with van der Waals surface area (Å²) in [6.07, 6.45) is 0.899. The molecule has 0 bridgehead atoms. The van der Waals surface area contributed by atoms with Gasteiger partial charge < -0.3 is 15.0 Å². The molecule has 2 rings (SSSR count). The van der Waals surface area contributed by atoms with Gasteiger partial charge in [0.15, 0.2) is 0 Å². The van der Waals surface area contributed by atoms with Crippen molar-refractivity contribution >= 4 is 27.5 Å². The van der Waals surface area contributed by atoms with Gasteiger partial charge in [-0.1, -0.05) is 24.3 Å². The van der Waals surface area contributed by atoms with Crippen LogP contribution >= 0.6 is 0 Å². The van der Waals surface area contributed by atoms with Gasteiger partial charge in [-0.2, -0.15) is 0 Å². The minimum atomic E-state index is -4.00. The molecule has 1 atom stereocenters. The third kappa shape index (κ3) is 7.44. The third-order valence-corrected chi connectivity index (χ3v) is 6.10. The number of anilines is 1. The standard InChI is InChI=1S/C24H32FN3O5S/c1-17(23(30)26-24(2,3)4)27(15-18-11-13-19(33-5)14-12-18)22(29)16-28(34(6,31)32)21-10-8-7-9-20(21)25/h7-14,17H,15-16H2,1-6H3,(H,26,30)/t17-/m0/s1. The van der Waals surface area contributed by atoms with E-state index >= 15 is 0 Å². The summed E-state index contributed by atoms with van der Waals surface area (Å²) < 4.78 is 45.2. The highest BCUT2D eigenvalue weighted by Gasteiger charge is 2.32. The van der Waals surface area contributed by atoms with Crippen LogP contribution in [-0.4, -0.2) is 56.6 Å². The van der Waals surface area contributed by atoms with E-state index in [0.717, 1.165) is 12.3 Å². The Kier molecular flexibility index (Phi) is 8.66. The molecular formula is C24H32FN3O5S. The maximum atomic E-state index is 14.4. The largest absolute Gasteiger partial charge is 0.497 e. The van der Waals surface area contributed by atoms with Crippen LogP contribution in [-0.2, 0) is 26.2 Å². The molecule has 0 aliphatic rings. The van der Waals surface area contributed by atoms with E-state index in [0.29, 0.717) is 15.6 Å². The van der Waals surface area contributed by atoms with E-state index in [1.165, 1.54) is 30.2 Å². The van der Waals surface area contributed by atoms with Crippen molar-refractivity contribution in [1.82, 2.24) is 10.2 Å². The number of ether oxygens (including phenoxy) is 1. The summed E-state index contributed by atoms with van der Waals surface area (Å²) in [5.41, 5.74) is -0.0672. The smallest absolute Gasteiger partial charge is 0.244 e. The molecular weight excluding hydrogens is 461 g/mol. The fourth-order valence-corrected chi connectivity index (χ4v) is 4.08. The third-order valence-electron chi connectivity index (χ3n) is 4.98. The van der Waals surface area contributed by atoms with Crippen LogP contribution in [0, 0.1) is 5.82 Å². The van der Waals surface area contributed by atoms with Gasteiger partial charge in [-0.25, -0.2) is 12.8 Å². The van der Waals surface area contributed by atoms with Crippen LogP contribution in [0.3, 0.4) is 0 Å². The van der Waals surface area contributed by atoms with Gasteiger partial charge >= 0.3 is 0 Å². The molecule has 0 heterocycles. The van der Waals surface area contributed by atoms with E-state index in [1.54, 1.807) is 31.2 Å². The lowest BCUT2D eigenvalue weighted by atomic mass is 10.1. The maximum absolute atomic E-state index is 14.4. The number of nitrogens with zero attached hydrogens (tertiary/aromatic N) is 2. The molecule has 2 amide bonds. The van der Waals surface area contributed by atoms with Gasteiger partial charge in [0.05, 0.1) is 19.1 Å². The van der Waals surface area contributed by atoms with Gasteiger partial charge in [-0.05, 0) is 57.5 Å². The van der Waals surface area contributed by atoms with Crippen LogP contribution in [0.4, 0.5) is 10.1 Å². The van der Waals surface area contributed by atoms with Crippen LogP contribution in [0.5, 0.6) is 5.75 Å². The monoisotopic (exact) mass is 493 g/mol. The molecule has 0 unspecified atom stereocenters. The zero-order valence-electron chi connectivity index (χ0n) is 20.3. The van der Waals surface area contributed by atoms with Crippen molar-refractivity contribution in [1.29, 1.82) is 0 Å². The molecule has 2 aromatic rings. The molecule has 34 heavy (non-hydrogen) atoms. The van der Waals surface area contributed by atoms with Crippen molar-refractivity contribution in [3.05, 3.63) is 59.9 Å². The first-order valence-corrected chi connectivity index (χ1v) is 12.5. The lowest BCUT2D eigenvalue weighted by Crippen LogP contribution is -2.54. The number of nitrogens with one attached hydrogen (secondary N) is 1. The Morgan fingerprint density at radius 1 is 1.09 bits per heavy atom. The number of methoxy groups -OCH3 is 1. The molecule has 186 valence electrons. The molecule has 0 aliphatic heterocycles. The number of halogens is 1. The first-order valence-electron chi connectivity index (χ1n) is 10.7. The highest BCUT2D eigenvalue weighted by atomic mass is 32.2. The first-order chi connectivity index (χ1) is 15.7. The number of rotatable bonds is 9. The van der Waals surface area contributed by atoms with E-state index in [2.05, 4.69) is 5.32 Å². The summed E-state index contributed by atoms with van der Waals surface area (Å²) in [7, 11) is -2.46. The van der Waals surface area contributed by atoms with E-state index in [9.17, 15) is 22.4 Å². The predicted octanol–water partition coefficient (Wildman–Crippen LogP) is 2.93. The van der Waals surface area contributed by atoms with Crippen LogP contribution in [0.2, 0.25) is 0 Å². The summed E-state index contributed by atoms with van der Waals surface area (Å²) in [6, 6.07) is 11.3. The number of carbonyl (C=O) groups excluding carboxylic acids is 2. The minimum absolute atomic E-state index is 0.0381. The Bertz CT molecular complexity index is 1110. The fourth-order valence-electron chi connectivity index (χ4n) is 3.23. The van der Waals surface area contributed by atoms with Gasteiger partial charge in [0.1, 0.15) is 24.2 Å². The minimum Gasteiger partial charge on any atom is -0.497 e. The summed E-state index contributed by atoms with van der Waals surface area (Å²) in [5, 5.41) is 2.84. The van der Waals surface area contributed by atoms with Crippen molar-refractivity contribution < 1.29 is 27.1 Å². The molecule has 0 radical (unpaired) electrons. The zero-order valence-corrected chi connectivity index (χ0v) is 21.1. The Morgan fingerprint density at radius 2 is 1.68 bits per heavy atom. The van der Waals surface area contributed by atoms with Crippen LogP contribution in [0.25, 0.3) is 0 Å². The molecule has 0 saturated heterocycles. The normalized spacial score (nSPS) is 12.6. The quantitative estimate of drug-likeness (QED) is 0.580. The Labute approximate surface area is 200 Å². The average Bonchev–Trinajstić information content (AvgIpc) is 2.74. The summed E-state index contributed by atoms with van der Waals surface area (Å²) in [4.78, 5) is 27.6. The lowest BCUT2D eigenvalue weighted by molar-refractivity contribution is -0.140. The molecule has 2 aromatic carbocycles. The first kappa shape index (κ1) is 27.1. The van der Waals surface area contributed by atoms with Crippen molar-refractivity contribution in [2.45, 2.75) is 45.8 Å². The second kappa shape index (κ2) is 10.9. The molecule has 10 heteroatoms. The van der Waals surface area contributed by atoms with Gasteiger partial charge in [-0.3, -0.25) is 13.9 Å². The zero-order chi connectivity index (χ0) is 25.7. The van der Waals surface area contributed by atoms with Gasteiger partial charge in [0.2, 0.25) is 21.8 Å². The van der Waals surface area contributed by atoms with Crippen molar-refractivity contribution in [2.75, 3.05) is 24.2 Å². The fraction of sp³-hybridized carbons (Fsp3) is 0.417. The SMILES string of the molecule is COc1ccc(CN(C(=O)CN(c2ccccc2F)S(C)(=O)=O)[C@@H](C)C(=O)NC(C)(C)C)cc1. The van der Waals surface area contributed by atoms with E-state index in [1.807, 2.05) is 20.8 Å². The second-order valence-corrected chi connectivity index (χ2v) is 10.9. The number of para-hydroxylation sites is 1. The highest BCUT2D eigenvalue weighted by Crippen LogP contribution is 2.22. The van der Waals surface area contributed by atoms with E-state index in [-0.39, 0.29) is 12.2 Å². The molecule has 1 N–H and O–H groups in total. The number of amides is 2. The van der Waals surface area contributed by atoms with Gasteiger partial charge in [-0.15, -0.1) is 0 Å². The Hall–Kier alpha value is -3.14. The van der Waals surface area contributed by atoms with E-state index in [4.69, 9.17) is 4.74 Å². The molecule has 8 nitrogen and oxygen atoms in total. The van der Waals surface area contributed by atoms with Crippen molar-refractivity contribution in [2.24, 2.45) is 0 Å². The molecule has 0 saturated carbocycles. The molecule has 0 aromatic heterocycles. The van der Waals surface area contributed by atoms with Crippen LogP contribution < -0.4 is 14.4 Å². The maximum Gasteiger partial charge on any atom is 0.244 e. The Morgan fingerprint density at radius 3 is 2.18 bits per heavy atom. The molecule has 0 aliphatic carbocycles.